The van der Waals surface area contributed by atoms with Crippen LogP contribution in [0.15, 0.2) is 29.2 Å². The van der Waals surface area contributed by atoms with Crippen molar-refractivity contribution in [2.45, 2.75) is 44.4 Å². The molecule has 0 atom stereocenters. The summed E-state index contributed by atoms with van der Waals surface area (Å²) in [6.45, 7) is 4.07. The minimum atomic E-state index is -3.08. The molecule has 0 amide bonds. The molecule has 0 N–H and O–H groups in total. The van der Waals surface area contributed by atoms with Crippen LogP contribution in [0.25, 0.3) is 0 Å². The summed E-state index contributed by atoms with van der Waals surface area (Å²) in [5.41, 5.74) is 0.959. The van der Waals surface area contributed by atoms with Crippen molar-refractivity contribution in [3.8, 4) is 0 Å². The van der Waals surface area contributed by atoms with Crippen molar-refractivity contribution in [1.29, 1.82) is 0 Å². The van der Waals surface area contributed by atoms with Gasteiger partial charge in [-0.2, -0.15) is 0 Å². The molecule has 0 saturated heterocycles. The van der Waals surface area contributed by atoms with Crippen molar-refractivity contribution < 1.29 is 8.42 Å². The first-order valence-corrected chi connectivity index (χ1v) is 7.57. The molecule has 0 unspecified atom stereocenters. The van der Waals surface area contributed by atoms with Gasteiger partial charge in [-0.15, -0.1) is 0 Å². The topological polar surface area (TPSA) is 34.1 Å². The summed E-state index contributed by atoms with van der Waals surface area (Å²) in [5.74, 6) is 0.268. The lowest BCUT2D eigenvalue weighted by molar-refractivity contribution is 0.591. The van der Waals surface area contributed by atoms with Gasteiger partial charge in [0.2, 0.25) is 0 Å². The van der Waals surface area contributed by atoms with Gasteiger partial charge in [-0.05, 0) is 24.5 Å². The Labute approximate surface area is 98.6 Å². The molecule has 0 bridgehead atoms. The molecule has 0 aliphatic heterocycles. The Morgan fingerprint density at radius 1 is 1.06 bits per heavy atom. The molecule has 2 nitrogen and oxygen atoms in total. The number of hydrogen-bond acceptors (Lipinski definition) is 2. The number of aryl methyl sites for hydroxylation is 1. The third-order valence-electron chi connectivity index (χ3n) is 2.59. The Hall–Kier alpha value is -0.830. The largest absolute Gasteiger partial charge is 0.224 e. The fourth-order valence-electron chi connectivity index (χ4n) is 1.73. The molecular weight excluding hydrogens is 220 g/mol. The fourth-order valence-corrected chi connectivity index (χ4v) is 3.47. The maximum absolute atomic E-state index is 12.1. The molecule has 16 heavy (non-hydrogen) atoms. The lowest BCUT2D eigenvalue weighted by Crippen LogP contribution is -2.09. The van der Waals surface area contributed by atoms with Gasteiger partial charge in [0.25, 0.3) is 0 Å². The van der Waals surface area contributed by atoms with Gasteiger partial charge in [-0.3, -0.25) is 0 Å². The number of rotatable bonds is 6. The van der Waals surface area contributed by atoms with Gasteiger partial charge in [0.15, 0.2) is 9.84 Å². The Bertz CT molecular complexity index is 421. The Kier molecular flexibility index (Phi) is 5.00. The van der Waals surface area contributed by atoms with Crippen molar-refractivity contribution in [2.75, 3.05) is 5.75 Å². The van der Waals surface area contributed by atoms with Gasteiger partial charge >= 0.3 is 0 Å². The van der Waals surface area contributed by atoms with Gasteiger partial charge in [0, 0.05) is 0 Å². The lowest BCUT2D eigenvalue weighted by Gasteiger charge is -2.09. The predicted molar refractivity (Wildman–Crippen MR) is 67.4 cm³/mol. The standard InChI is InChI=1S/C13H20O2S/c1-3-5-11-16(14,15)13-10-7-6-9-12(13)8-4-2/h6-7,9-10H,3-5,8,11H2,1-2H3. The van der Waals surface area contributed by atoms with Crippen LogP contribution in [0.2, 0.25) is 0 Å². The predicted octanol–water partition coefficient (Wildman–Crippen LogP) is 3.21. The fraction of sp³-hybridized carbons (Fsp3) is 0.538. The van der Waals surface area contributed by atoms with Crippen LogP contribution in [0.3, 0.4) is 0 Å². The normalized spacial score (nSPS) is 11.6. The number of hydrogen-bond donors (Lipinski definition) is 0. The van der Waals surface area contributed by atoms with Crippen LogP contribution < -0.4 is 0 Å². The minimum absolute atomic E-state index is 0.268. The smallest absolute Gasteiger partial charge is 0.178 e. The van der Waals surface area contributed by atoms with E-state index in [1.54, 1.807) is 12.1 Å². The molecule has 0 saturated carbocycles. The summed E-state index contributed by atoms with van der Waals surface area (Å²) in [4.78, 5) is 0.533. The van der Waals surface area contributed by atoms with E-state index in [0.717, 1.165) is 31.2 Å². The van der Waals surface area contributed by atoms with Crippen molar-refractivity contribution in [3.05, 3.63) is 29.8 Å². The average molecular weight is 240 g/mol. The molecule has 90 valence electrons. The van der Waals surface area contributed by atoms with Crippen LogP contribution in [0.1, 0.15) is 38.7 Å². The highest BCUT2D eigenvalue weighted by atomic mass is 32.2. The van der Waals surface area contributed by atoms with Gasteiger partial charge in [0.05, 0.1) is 10.6 Å². The highest BCUT2D eigenvalue weighted by Gasteiger charge is 2.16. The van der Waals surface area contributed by atoms with E-state index < -0.39 is 9.84 Å². The number of sulfone groups is 1. The zero-order chi connectivity index (χ0) is 12.0. The van der Waals surface area contributed by atoms with Crippen molar-refractivity contribution in [1.82, 2.24) is 0 Å². The van der Waals surface area contributed by atoms with Crippen LogP contribution >= 0.6 is 0 Å². The summed E-state index contributed by atoms with van der Waals surface area (Å²) in [5, 5.41) is 0. The highest BCUT2D eigenvalue weighted by molar-refractivity contribution is 7.91. The van der Waals surface area contributed by atoms with Gasteiger partial charge in [-0.1, -0.05) is 44.9 Å². The van der Waals surface area contributed by atoms with Gasteiger partial charge in [-0.25, -0.2) is 8.42 Å². The van der Waals surface area contributed by atoms with E-state index in [1.165, 1.54) is 0 Å². The second-order valence-electron chi connectivity index (χ2n) is 4.03. The zero-order valence-electron chi connectivity index (χ0n) is 10.1. The molecule has 3 heteroatoms. The van der Waals surface area contributed by atoms with Crippen LogP contribution in [0, 0.1) is 0 Å². The van der Waals surface area contributed by atoms with Gasteiger partial charge in [0.1, 0.15) is 0 Å². The first-order chi connectivity index (χ1) is 7.61. The molecule has 0 spiro atoms. The average Bonchev–Trinajstić information content (AvgIpc) is 2.27. The Balaban J connectivity index is 3.02. The maximum atomic E-state index is 12.1. The Morgan fingerprint density at radius 2 is 1.75 bits per heavy atom. The molecule has 1 rings (SSSR count). The molecule has 1 aromatic carbocycles. The van der Waals surface area contributed by atoms with Crippen LogP contribution in [-0.2, 0) is 16.3 Å². The summed E-state index contributed by atoms with van der Waals surface area (Å²) < 4.78 is 24.2. The highest BCUT2D eigenvalue weighted by Crippen LogP contribution is 2.19. The van der Waals surface area contributed by atoms with E-state index in [0.29, 0.717) is 4.90 Å². The molecule has 0 radical (unpaired) electrons. The molecule has 1 aromatic rings. The molecular formula is C13H20O2S. The van der Waals surface area contributed by atoms with E-state index >= 15 is 0 Å². The van der Waals surface area contributed by atoms with E-state index in [9.17, 15) is 8.42 Å². The van der Waals surface area contributed by atoms with Crippen molar-refractivity contribution >= 4 is 9.84 Å². The summed E-state index contributed by atoms with van der Waals surface area (Å²) in [6.07, 6.45) is 3.46. The first-order valence-electron chi connectivity index (χ1n) is 5.92. The second kappa shape index (κ2) is 6.04. The molecule has 0 fully saturated rings. The van der Waals surface area contributed by atoms with Crippen molar-refractivity contribution in [2.24, 2.45) is 0 Å². The third-order valence-corrected chi connectivity index (χ3v) is 4.49. The number of unbranched alkanes of at least 4 members (excludes halogenated alkanes) is 1. The lowest BCUT2D eigenvalue weighted by atomic mass is 10.1. The van der Waals surface area contributed by atoms with Crippen LogP contribution in [-0.4, -0.2) is 14.2 Å². The summed E-state index contributed by atoms with van der Waals surface area (Å²) in [6, 6.07) is 7.36. The van der Waals surface area contributed by atoms with Crippen molar-refractivity contribution in [3.63, 3.8) is 0 Å². The van der Waals surface area contributed by atoms with Crippen LogP contribution in [0.5, 0.6) is 0 Å². The summed E-state index contributed by atoms with van der Waals surface area (Å²) >= 11 is 0. The SMILES string of the molecule is CCCCS(=O)(=O)c1ccccc1CCC. The van der Waals surface area contributed by atoms with E-state index in [1.807, 2.05) is 19.1 Å². The first kappa shape index (κ1) is 13.2. The van der Waals surface area contributed by atoms with Crippen LogP contribution in [0.4, 0.5) is 0 Å². The van der Waals surface area contributed by atoms with E-state index in [-0.39, 0.29) is 5.75 Å². The quantitative estimate of drug-likeness (QED) is 0.765. The maximum Gasteiger partial charge on any atom is 0.178 e. The molecule has 0 aromatic heterocycles. The molecule has 0 aliphatic carbocycles. The third kappa shape index (κ3) is 3.34. The summed E-state index contributed by atoms with van der Waals surface area (Å²) in [7, 11) is -3.08. The van der Waals surface area contributed by atoms with Gasteiger partial charge < -0.3 is 0 Å². The van der Waals surface area contributed by atoms with E-state index in [4.69, 9.17) is 0 Å². The monoisotopic (exact) mass is 240 g/mol. The molecule has 0 aliphatic rings. The molecule has 0 heterocycles. The Morgan fingerprint density at radius 3 is 2.38 bits per heavy atom. The van der Waals surface area contributed by atoms with E-state index in [2.05, 4.69) is 6.92 Å². The zero-order valence-corrected chi connectivity index (χ0v) is 10.9. The second-order valence-corrected chi connectivity index (χ2v) is 6.11. The number of benzene rings is 1. The minimum Gasteiger partial charge on any atom is -0.224 e.